The lowest BCUT2D eigenvalue weighted by Crippen LogP contribution is -2.29. The number of carbonyl (C=O) groups is 1. The highest BCUT2D eigenvalue weighted by molar-refractivity contribution is 7.99. The molecule has 0 radical (unpaired) electrons. The monoisotopic (exact) mass is 397 g/mol. The average Bonchev–Trinajstić information content (AvgIpc) is 2.53. The van der Waals surface area contributed by atoms with E-state index in [4.69, 9.17) is 27.9 Å². The molecule has 0 aromatic heterocycles. The summed E-state index contributed by atoms with van der Waals surface area (Å²) in [5, 5.41) is 4.10. The lowest BCUT2D eigenvalue weighted by molar-refractivity contribution is -0.118. The largest absolute Gasteiger partial charge is 0.492 e. The SMILES string of the molecule is Cc1cc(C)cc(OCCNC(=O)CSCc2c(Cl)cccc2Cl)c1. The van der Waals surface area contributed by atoms with Gasteiger partial charge in [-0.15, -0.1) is 11.8 Å². The Labute approximate surface area is 163 Å². The number of benzene rings is 2. The molecule has 2 rings (SSSR count). The number of amides is 1. The van der Waals surface area contributed by atoms with E-state index in [1.807, 2.05) is 26.0 Å². The first-order valence-corrected chi connectivity index (χ1v) is 9.85. The lowest BCUT2D eigenvalue weighted by atomic mass is 10.1. The molecular formula is C19H21Cl2NO2S. The van der Waals surface area contributed by atoms with Crippen LogP contribution in [0.4, 0.5) is 0 Å². The minimum Gasteiger partial charge on any atom is -0.492 e. The summed E-state index contributed by atoms with van der Waals surface area (Å²) < 4.78 is 5.67. The van der Waals surface area contributed by atoms with Crippen LogP contribution in [0.15, 0.2) is 36.4 Å². The van der Waals surface area contributed by atoms with Gasteiger partial charge in [0, 0.05) is 15.8 Å². The Bertz CT molecular complexity index is 697. The van der Waals surface area contributed by atoms with Crippen molar-refractivity contribution >= 4 is 40.9 Å². The van der Waals surface area contributed by atoms with Crippen molar-refractivity contribution in [1.29, 1.82) is 0 Å². The van der Waals surface area contributed by atoms with Crippen molar-refractivity contribution in [3.8, 4) is 5.75 Å². The third kappa shape index (κ3) is 6.81. The minimum atomic E-state index is -0.0304. The summed E-state index contributed by atoms with van der Waals surface area (Å²) in [7, 11) is 0. The van der Waals surface area contributed by atoms with Gasteiger partial charge in [-0.3, -0.25) is 4.79 Å². The Morgan fingerprint density at radius 3 is 2.40 bits per heavy atom. The molecule has 2 aromatic carbocycles. The zero-order valence-corrected chi connectivity index (χ0v) is 16.6. The molecule has 6 heteroatoms. The van der Waals surface area contributed by atoms with Crippen LogP contribution in [0.3, 0.4) is 0 Å². The number of hydrogen-bond acceptors (Lipinski definition) is 3. The highest BCUT2D eigenvalue weighted by Gasteiger charge is 2.07. The lowest BCUT2D eigenvalue weighted by Gasteiger charge is -2.10. The van der Waals surface area contributed by atoms with Crippen molar-refractivity contribution in [2.75, 3.05) is 18.9 Å². The molecule has 2 aromatic rings. The van der Waals surface area contributed by atoms with Crippen molar-refractivity contribution < 1.29 is 9.53 Å². The molecule has 0 aliphatic rings. The Hall–Kier alpha value is -1.36. The second kappa shape index (κ2) is 9.95. The van der Waals surface area contributed by atoms with Gasteiger partial charge < -0.3 is 10.1 Å². The predicted molar refractivity (Wildman–Crippen MR) is 107 cm³/mol. The molecule has 0 saturated carbocycles. The van der Waals surface area contributed by atoms with Gasteiger partial charge in [0.2, 0.25) is 5.91 Å². The van der Waals surface area contributed by atoms with E-state index in [0.717, 1.165) is 22.4 Å². The second-order valence-electron chi connectivity index (χ2n) is 5.71. The van der Waals surface area contributed by atoms with E-state index >= 15 is 0 Å². The van der Waals surface area contributed by atoms with E-state index in [1.165, 1.54) is 11.8 Å². The van der Waals surface area contributed by atoms with Gasteiger partial charge in [-0.2, -0.15) is 0 Å². The molecule has 0 spiro atoms. The fourth-order valence-electron chi connectivity index (χ4n) is 2.34. The van der Waals surface area contributed by atoms with Crippen LogP contribution in [0.5, 0.6) is 5.75 Å². The topological polar surface area (TPSA) is 38.3 Å². The highest BCUT2D eigenvalue weighted by atomic mass is 35.5. The maximum Gasteiger partial charge on any atom is 0.230 e. The van der Waals surface area contributed by atoms with Crippen molar-refractivity contribution in [3.05, 3.63) is 63.1 Å². The summed E-state index contributed by atoms with van der Waals surface area (Å²) in [5.41, 5.74) is 3.18. The molecule has 0 fully saturated rings. The average molecular weight is 398 g/mol. The maximum absolute atomic E-state index is 11.9. The fourth-order valence-corrected chi connectivity index (χ4v) is 3.94. The molecular weight excluding hydrogens is 377 g/mol. The van der Waals surface area contributed by atoms with Gasteiger partial charge in [-0.1, -0.05) is 35.3 Å². The van der Waals surface area contributed by atoms with Gasteiger partial charge in [0.05, 0.1) is 12.3 Å². The molecule has 134 valence electrons. The first kappa shape index (κ1) is 20.0. The van der Waals surface area contributed by atoms with Crippen LogP contribution in [0, 0.1) is 13.8 Å². The maximum atomic E-state index is 11.9. The summed E-state index contributed by atoms with van der Waals surface area (Å²) in [6, 6.07) is 11.5. The van der Waals surface area contributed by atoms with Gasteiger partial charge in [0.25, 0.3) is 0 Å². The van der Waals surface area contributed by atoms with Crippen molar-refractivity contribution in [2.24, 2.45) is 0 Å². The Kier molecular flexibility index (Phi) is 7.94. The number of aryl methyl sites for hydroxylation is 2. The Balaban J connectivity index is 1.66. The van der Waals surface area contributed by atoms with Crippen LogP contribution in [0.1, 0.15) is 16.7 Å². The van der Waals surface area contributed by atoms with Gasteiger partial charge >= 0.3 is 0 Å². The van der Waals surface area contributed by atoms with E-state index in [2.05, 4.69) is 11.4 Å². The van der Waals surface area contributed by atoms with Crippen molar-refractivity contribution in [3.63, 3.8) is 0 Å². The third-order valence-electron chi connectivity index (χ3n) is 3.43. The molecule has 1 amide bonds. The van der Waals surface area contributed by atoms with Gasteiger partial charge in [-0.05, 0) is 54.8 Å². The van der Waals surface area contributed by atoms with E-state index in [1.54, 1.807) is 18.2 Å². The fraction of sp³-hybridized carbons (Fsp3) is 0.316. The molecule has 0 saturated heterocycles. The molecule has 0 bridgehead atoms. The first-order chi connectivity index (χ1) is 12.0. The van der Waals surface area contributed by atoms with Crippen molar-refractivity contribution in [2.45, 2.75) is 19.6 Å². The smallest absolute Gasteiger partial charge is 0.230 e. The van der Waals surface area contributed by atoms with Gasteiger partial charge in [0.1, 0.15) is 12.4 Å². The van der Waals surface area contributed by atoms with Crippen LogP contribution in [0.25, 0.3) is 0 Å². The molecule has 1 N–H and O–H groups in total. The number of rotatable bonds is 8. The van der Waals surface area contributed by atoms with Crippen LogP contribution >= 0.6 is 35.0 Å². The molecule has 0 heterocycles. The highest BCUT2D eigenvalue weighted by Crippen LogP contribution is 2.28. The van der Waals surface area contributed by atoms with E-state index < -0.39 is 0 Å². The number of nitrogens with one attached hydrogen (secondary N) is 1. The normalized spacial score (nSPS) is 10.6. The Morgan fingerprint density at radius 1 is 1.12 bits per heavy atom. The molecule has 0 atom stereocenters. The van der Waals surface area contributed by atoms with E-state index in [9.17, 15) is 4.79 Å². The van der Waals surface area contributed by atoms with Crippen LogP contribution in [0.2, 0.25) is 10.0 Å². The zero-order valence-electron chi connectivity index (χ0n) is 14.3. The van der Waals surface area contributed by atoms with Crippen LogP contribution < -0.4 is 10.1 Å². The van der Waals surface area contributed by atoms with Gasteiger partial charge in [-0.25, -0.2) is 0 Å². The zero-order chi connectivity index (χ0) is 18.2. The minimum absolute atomic E-state index is 0.0304. The summed E-state index contributed by atoms with van der Waals surface area (Å²) in [4.78, 5) is 11.9. The number of ether oxygens (including phenoxy) is 1. The standard InChI is InChI=1S/C19H21Cl2NO2S/c1-13-8-14(2)10-15(9-13)24-7-6-22-19(23)12-25-11-16-17(20)4-3-5-18(16)21/h3-5,8-10H,6-7,11-12H2,1-2H3,(H,22,23). The molecule has 3 nitrogen and oxygen atoms in total. The van der Waals surface area contributed by atoms with Crippen LogP contribution in [-0.4, -0.2) is 24.8 Å². The number of thioether (sulfide) groups is 1. The predicted octanol–water partition coefficient (Wildman–Crippen LogP) is 5.04. The van der Waals surface area contributed by atoms with Gasteiger partial charge in [0.15, 0.2) is 0 Å². The Morgan fingerprint density at radius 2 is 1.76 bits per heavy atom. The van der Waals surface area contributed by atoms with E-state index in [-0.39, 0.29) is 5.91 Å². The third-order valence-corrected chi connectivity index (χ3v) is 5.10. The number of carbonyl (C=O) groups excluding carboxylic acids is 1. The molecule has 0 aliphatic heterocycles. The molecule has 0 aliphatic carbocycles. The summed E-state index contributed by atoms with van der Waals surface area (Å²) in [6.45, 7) is 4.98. The quantitative estimate of drug-likeness (QED) is 0.634. The second-order valence-corrected chi connectivity index (χ2v) is 7.51. The van der Waals surface area contributed by atoms with E-state index in [0.29, 0.717) is 34.7 Å². The van der Waals surface area contributed by atoms with Crippen molar-refractivity contribution in [1.82, 2.24) is 5.32 Å². The summed E-state index contributed by atoms with van der Waals surface area (Å²) in [6.07, 6.45) is 0. The summed E-state index contributed by atoms with van der Waals surface area (Å²) in [5.74, 6) is 1.75. The molecule has 25 heavy (non-hydrogen) atoms. The summed E-state index contributed by atoms with van der Waals surface area (Å²) >= 11 is 13.7. The number of hydrogen-bond donors (Lipinski definition) is 1. The first-order valence-electron chi connectivity index (χ1n) is 7.94. The van der Waals surface area contributed by atoms with Crippen LogP contribution in [-0.2, 0) is 10.5 Å². The number of halogens is 2. The molecule has 0 unspecified atom stereocenters.